The molecule has 1 aromatic rings. The number of ether oxygens (including phenoxy) is 1. The third-order valence-corrected chi connectivity index (χ3v) is 4.16. The van der Waals surface area contributed by atoms with Gasteiger partial charge in [-0.25, -0.2) is 8.42 Å². The summed E-state index contributed by atoms with van der Waals surface area (Å²) in [6.07, 6.45) is 0. The molecule has 1 aliphatic heterocycles. The Hall–Kier alpha value is -1.27. The number of hydrogen-bond acceptors (Lipinski definition) is 4. The Morgan fingerprint density at radius 2 is 2.20 bits per heavy atom. The molecule has 0 saturated carbocycles. The molecule has 0 aromatic heterocycles. The zero-order valence-corrected chi connectivity index (χ0v) is 8.99. The van der Waals surface area contributed by atoms with Crippen LogP contribution < -0.4 is 4.74 Å². The molecule has 0 radical (unpaired) electrons. The van der Waals surface area contributed by atoms with Crippen LogP contribution in [0.5, 0.6) is 11.5 Å². The van der Waals surface area contributed by atoms with Gasteiger partial charge < -0.3 is 9.84 Å². The van der Waals surface area contributed by atoms with Crippen molar-refractivity contribution in [3.63, 3.8) is 0 Å². The summed E-state index contributed by atoms with van der Waals surface area (Å²) in [6, 6.07) is 4.06. The van der Waals surface area contributed by atoms with E-state index in [4.69, 9.17) is 4.74 Å². The minimum Gasteiger partial charge on any atom is -0.508 e. The number of nitrogens with zero attached hydrogens (tertiary/aromatic N) is 1. The van der Waals surface area contributed by atoms with E-state index in [9.17, 15) is 13.5 Å². The molecule has 82 valence electrons. The lowest BCUT2D eigenvalue weighted by Crippen LogP contribution is -2.28. The molecule has 5 nitrogen and oxygen atoms in total. The van der Waals surface area contributed by atoms with Crippen molar-refractivity contribution in [3.8, 4) is 11.5 Å². The fourth-order valence-electron chi connectivity index (χ4n) is 1.39. The Kier molecular flexibility index (Phi) is 2.32. The molecule has 1 aromatic carbocycles. The van der Waals surface area contributed by atoms with Gasteiger partial charge in [0.1, 0.15) is 23.0 Å². The van der Waals surface area contributed by atoms with Crippen molar-refractivity contribution in [2.45, 2.75) is 4.90 Å². The van der Waals surface area contributed by atoms with Gasteiger partial charge >= 0.3 is 0 Å². The smallest absolute Gasteiger partial charge is 0.246 e. The normalized spacial score (nSPS) is 20.1. The van der Waals surface area contributed by atoms with Gasteiger partial charge in [-0.1, -0.05) is 0 Å². The highest BCUT2D eigenvalue weighted by Gasteiger charge is 2.28. The lowest BCUT2D eigenvalue weighted by atomic mass is 10.3. The van der Waals surface area contributed by atoms with Crippen LogP contribution in [0.3, 0.4) is 0 Å². The molecule has 0 fully saturated rings. The average molecular weight is 229 g/mol. The van der Waals surface area contributed by atoms with E-state index in [-0.39, 0.29) is 16.4 Å². The third kappa shape index (κ3) is 1.66. The summed E-state index contributed by atoms with van der Waals surface area (Å²) in [5.74, 6) is 0.202. The zero-order valence-electron chi connectivity index (χ0n) is 8.17. The summed E-state index contributed by atoms with van der Waals surface area (Å²) in [4.78, 5) is 0.0162. The van der Waals surface area contributed by atoms with E-state index in [0.717, 1.165) is 0 Å². The Balaban J connectivity index is 2.66. The van der Waals surface area contributed by atoms with Gasteiger partial charge in [-0.15, -0.1) is 0 Å². The zero-order chi connectivity index (χ0) is 11.1. The van der Waals surface area contributed by atoms with Gasteiger partial charge in [-0.3, -0.25) is 0 Å². The number of fused-ring (bicyclic) bond motifs is 1. The standard InChI is InChI=1S/C9H11NO4S/c1-10-4-5-14-8-3-2-7(11)6-9(8)15(10,12)13/h2-3,6,11H,4-5H2,1H3. The van der Waals surface area contributed by atoms with Crippen molar-refractivity contribution in [1.29, 1.82) is 0 Å². The van der Waals surface area contributed by atoms with Gasteiger partial charge in [0.25, 0.3) is 0 Å². The van der Waals surface area contributed by atoms with Crippen molar-refractivity contribution in [3.05, 3.63) is 18.2 Å². The SMILES string of the molecule is CN1CCOc2ccc(O)cc2S1(=O)=O. The first-order valence-corrected chi connectivity index (χ1v) is 5.88. The molecule has 0 atom stereocenters. The summed E-state index contributed by atoms with van der Waals surface area (Å²) < 4.78 is 30.3. The molecule has 0 unspecified atom stereocenters. The van der Waals surface area contributed by atoms with Crippen LogP contribution in [0.15, 0.2) is 23.1 Å². The van der Waals surface area contributed by atoms with Crippen molar-refractivity contribution < 1.29 is 18.3 Å². The lowest BCUT2D eigenvalue weighted by molar-refractivity contribution is 0.293. The Morgan fingerprint density at radius 3 is 2.93 bits per heavy atom. The number of likely N-dealkylation sites (N-methyl/N-ethyl adjacent to an activating group) is 1. The second kappa shape index (κ2) is 3.39. The van der Waals surface area contributed by atoms with Gasteiger partial charge in [0, 0.05) is 19.7 Å². The van der Waals surface area contributed by atoms with E-state index >= 15 is 0 Å². The van der Waals surface area contributed by atoms with E-state index in [1.165, 1.54) is 29.6 Å². The van der Waals surface area contributed by atoms with Crippen LogP contribution in [0, 0.1) is 0 Å². The van der Waals surface area contributed by atoms with Crippen LogP contribution in [-0.2, 0) is 10.0 Å². The first kappa shape index (κ1) is 10.3. The molecule has 0 bridgehead atoms. The molecule has 1 N–H and O–H groups in total. The van der Waals surface area contributed by atoms with Gasteiger partial charge in [-0.2, -0.15) is 4.31 Å². The fraction of sp³-hybridized carbons (Fsp3) is 0.333. The maximum Gasteiger partial charge on any atom is 0.246 e. The number of phenols is 1. The molecule has 0 spiro atoms. The van der Waals surface area contributed by atoms with E-state index in [2.05, 4.69) is 0 Å². The summed E-state index contributed by atoms with van der Waals surface area (Å²) in [7, 11) is -2.05. The topological polar surface area (TPSA) is 66.8 Å². The van der Waals surface area contributed by atoms with Crippen LogP contribution in [0.2, 0.25) is 0 Å². The summed E-state index contributed by atoms with van der Waals surface area (Å²) >= 11 is 0. The number of hydrogen-bond donors (Lipinski definition) is 1. The van der Waals surface area contributed by atoms with Gasteiger partial charge in [0.15, 0.2) is 0 Å². The lowest BCUT2D eigenvalue weighted by Gasteiger charge is -2.12. The number of sulfonamides is 1. The van der Waals surface area contributed by atoms with Gasteiger partial charge in [0.2, 0.25) is 10.0 Å². The average Bonchev–Trinajstić information content (AvgIpc) is 2.28. The van der Waals surface area contributed by atoms with Crippen LogP contribution in [0.1, 0.15) is 0 Å². The maximum absolute atomic E-state index is 11.9. The Bertz CT molecular complexity index is 483. The highest BCUT2D eigenvalue weighted by Crippen LogP contribution is 2.31. The predicted molar refractivity (Wildman–Crippen MR) is 53.4 cm³/mol. The largest absolute Gasteiger partial charge is 0.508 e. The van der Waals surface area contributed by atoms with E-state index < -0.39 is 10.0 Å². The van der Waals surface area contributed by atoms with E-state index in [1.807, 2.05) is 0 Å². The highest BCUT2D eigenvalue weighted by atomic mass is 32.2. The van der Waals surface area contributed by atoms with Crippen LogP contribution in [0.25, 0.3) is 0 Å². The number of aromatic hydroxyl groups is 1. The molecule has 6 heteroatoms. The fourth-order valence-corrected chi connectivity index (χ4v) is 2.69. The summed E-state index contributed by atoms with van der Waals surface area (Å²) in [5, 5.41) is 9.26. The van der Waals surface area contributed by atoms with Crippen LogP contribution >= 0.6 is 0 Å². The van der Waals surface area contributed by atoms with Crippen molar-refractivity contribution in [2.24, 2.45) is 0 Å². The number of phenolic OH excluding ortho intramolecular Hbond substituents is 1. The number of benzene rings is 1. The molecular formula is C9H11NO4S. The third-order valence-electron chi connectivity index (χ3n) is 2.28. The first-order valence-electron chi connectivity index (χ1n) is 4.44. The molecule has 2 rings (SSSR count). The predicted octanol–water partition coefficient (Wildman–Crippen LogP) is 0.405. The quantitative estimate of drug-likeness (QED) is 0.699. The van der Waals surface area contributed by atoms with E-state index in [1.54, 1.807) is 0 Å². The van der Waals surface area contributed by atoms with Crippen molar-refractivity contribution in [1.82, 2.24) is 4.31 Å². The van der Waals surface area contributed by atoms with Crippen LogP contribution in [0.4, 0.5) is 0 Å². The van der Waals surface area contributed by atoms with Gasteiger partial charge in [-0.05, 0) is 12.1 Å². The monoisotopic (exact) mass is 229 g/mol. The second-order valence-electron chi connectivity index (χ2n) is 3.31. The number of rotatable bonds is 0. The molecule has 0 aliphatic carbocycles. The van der Waals surface area contributed by atoms with Crippen molar-refractivity contribution in [2.75, 3.05) is 20.2 Å². The highest BCUT2D eigenvalue weighted by molar-refractivity contribution is 7.89. The minimum absolute atomic E-state index is 0.0162. The Labute approximate surface area is 87.9 Å². The van der Waals surface area contributed by atoms with E-state index in [0.29, 0.717) is 13.2 Å². The molecule has 15 heavy (non-hydrogen) atoms. The molecule has 0 amide bonds. The molecule has 1 aliphatic rings. The maximum atomic E-state index is 11.9. The Morgan fingerprint density at radius 1 is 1.47 bits per heavy atom. The molecule has 1 heterocycles. The van der Waals surface area contributed by atoms with Crippen LogP contribution in [-0.4, -0.2) is 38.0 Å². The molecular weight excluding hydrogens is 218 g/mol. The minimum atomic E-state index is -3.53. The second-order valence-corrected chi connectivity index (χ2v) is 5.32. The summed E-state index contributed by atoms with van der Waals surface area (Å²) in [6.45, 7) is 0.616. The van der Waals surface area contributed by atoms with Gasteiger partial charge in [0.05, 0.1) is 0 Å². The molecule has 0 saturated heterocycles. The summed E-state index contributed by atoms with van der Waals surface area (Å²) in [5.41, 5.74) is 0. The van der Waals surface area contributed by atoms with Crippen molar-refractivity contribution >= 4 is 10.0 Å². The first-order chi connectivity index (χ1) is 7.01.